The molecule has 3 heterocycles. The van der Waals surface area contributed by atoms with Gasteiger partial charge < -0.3 is 15.2 Å². The van der Waals surface area contributed by atoms with Crippen LogP contribution in [0.3, 0.4) is 0 Å². The van der Waals surface area contributed by atoms with Gasteiger partial charge in [-0.2, -0.15) is 0 Å². The van der Waals surface area contributed by atoms with E-state index in [1.165, 1.54) is 23.7 Å². The van der Waals surface area contributed by atoms with Crippen LogP contribution < -0.4 is 11.2 Å². The Morgan fingerprint density at radius 1 is 1.21 bits per heavy atom. The highest BCUT2D eigenvalue weighted by Crippen LogP contribution is 2.31. The van der Waals surface area contributed by atoms with Crippen LogP contribution in [0.1, 0.15) is 11.4 Å². The van der Waals surface area contributed by atoms with Gasteiger partial charge in [0.1, 0.15) is 11.3 Å². The van der Waals surface area contributed by atoms with Crippen molar-refractivity contribution in [3.63, 3.8) is 0 Å². The van der Waals surface area contributed by atoms with E-state index in [9.17, 15) is 19.8 Å². The topological polar surface area (TPSA) is 126 Å². The summed E-state index contributed by atoms with van der Waals surface area (Å²) in [7, 11) is 1.41. The largest absolute Gasteiger partial charge is 0.504 e. The Bertz CT molecular complexity index is 1370. The Morgan fingerprint density at radius 2 is 1.93 bits per heavy atom. The third-order valence-electron chi connectivity index (χ3n) is 4.63. The number of nitrogens with one attached hydrogen (secondary N) is 1. The molecule has 3 N–H and O–H groups in total. The Kier molecular flexibility index (Phi) is 5.17. The van der Waals surface area contributed by atoms with Crippen molar-refractivity contribution in [2.75, 3.05) is 0 Å². The van der Waals surface area contributed by atoms with E-state index in [1.54, 1.807) is 18.5 Å². The standard InChI is InChI=1S/C19H17N5O4.ClH/c1-3-4-24-17-16(18(27)23(2)19(24)28)21-15(22-17)6-11-9-20-8-10-5-13(25)14(26)7-12(10)11;/h3,5,7-9,25-26H,1,4,6H2,2H3,(H,21,22);1H. The van der Waals surface area contributed by atoms with Gasteiger partial charge in [0.2, 0.25) is 0 Å². The maximum Gasteiger partial charge on any atom is 0.332 e. The maximum atomic E-state index is 12.4. The molecule has 4 aromatic rings. The number of allylic oxidation sites excluding steroid dienone is 1. The molecule has 0 aliphatic heterocycles. The number of H-pyrrole nitrogens is 1. The molecular formula is C19H18ClN5O4. The zero-order valence-corrected chi connectivity index (χ0v) is 16.2. The molecule has 0 aliphatic rings. The molecule has 0 unspecified atom stereocenters. The zero-order valence-electron chi connectivity index (χ0n) is 15.4. The number of aromatic hydroxyl groups is 2. The predicted octanol–water partition coefficient (Wildman–Crippen LogP) is 1.58. The van der Waals surface area contributed by atoms with E-state index in [0.29, 0.717) is 16.6 Å². The van der Waals surface area contributed by atoms with Gasteiger partial charge in [-0.3, -0.25) is 18.9 Å². The first-order valence-corrected chi connectivity index (χ1v) is 8.48. The molecule has 29 heavy (non-hydrogen) atoms. The summed E-state index contributed by atoms with van der Waals surface area (Å²) in [5.41, 5.74) is 0.297. The summed E-state index contributed by atoms with van der Waals surface area (Å²) >= 11 is 0. The average Bonchev–Trinajstić information content (AvgIpc) is 3.09. The van der Waals surface area contributed by atoms with Crippen molar-refractivity contribution in [1.29, 1.82) is 0 Å². The second-order valence-electron chi connectivity index (χ2n) is 6.47. The minimum Gasteiger partial charge on any atom is -0.504 e. The molecule has 0 aliphatic carbocycles. The van der Waals surface area contributed by atoms with Crippen LogP contribution in [0.25, 0.3) is 21.9 Å². The number of hydrogen-bond acceptors (Lipinski definition) is 6. The number of imidazole rings is 1. The van der Waals surface area contributed by atoms with Crippen molar-refractivity contribution >= 4 is 34.3 Å². The lowest BCUT2D eigenvalue weighted by atomic mass is 10.0. The fourth-order valence-electron chi connectivity index (χ4n) is 3.24. The molecule has 0 spiro atoms. The number of halogens is 1. The fourth-order valence-corrected chi connectivity index (χ4v) is 3.24. The van der Waals surface area contributed by atoms with E-state index in [4.69, 9.17) is 0 Å². The SMILES string of the molecule is C=CCn1c(=O)n(C)c(=O)c2[nH]c(Cc3cncc4cc(O)c(O)cc34)nc21.Cl. The van der Waals surface area contributed by atoms with E-state index in [2.05, 4.69) is 21.5 Å². The summed E-state index contributed by atoms with van der Waals surface area (Å²) in [6.07, 6.45) is 5.05. The fraction of sp³-hybridized carbons (Fsp3) is 0.158. The quantitative estimate of drug-likeness (QED) is 0.343. The summed E-state index contributed by atoms with van der Waals surface area (Å²) in [6, 6.07) is 2.88. The number of phenols is 2. The molecule has 4 rings (SSSR count). The highest BCUT2D eigenvalue weighted by Gasteiger charge is 2.16. The highest BCUT2D eigenvalue weighted by molar-refractivity contribution is 5.88. The lowest BCUT2D eigenvalue weighted by Gasteiger charge is -2.06. The Balaban J connectivity index is 0.00000240. The molecule has 0 amide bonds. The van der Waals surface area contributed by atoms with Crippen molar-refractivity contribution in [1.82, 2.24) is 24.1 Å². The Hall–Kier alpha value is -3.59. The molecule has 0 saturated heterocycles. The Morgan fingerprint density at radius 3 is 2.66 bits per heavy atom. The minimum atomic E-state index is -0.470. The van der Waals surface area contributed by atoms with E-state index < -0.39 is 11.2 Å². The van der Waals surface area contributed by atoms with Crippen molar-refractivity contribution in [2.24, 2.45) is 7.05 Å². The molecule has 0 saturated carbocycles. The van der Waals surface area contributed by atoms with Crippen molar-refractivity contribution in [2.45, 2.75) is 13.0 Å². The molecule has 0 atom stereocenters. The molecule has 9 nitrogen and oxygen atoms in total. The van der Waals surface area contributed by atoms with Gasteiger partial charge in [0.25, 0.3) is 5.56 Å². The van der Waals surface area contributed by atoms with Crippen molar-refractivity contribution in [3.05, 3.63) is 69.4 Å². The van der Waals surface area contributed by atoms with Gasteiger partial charge in [-0.1, -0.05) is 6.08 Å². The van der Waals surface area contributed by atoms with Crippen molar-refractivity contribution in [3.8, 4) is 11.5 Å². The monoisotopic (exact) mass is 415 g/mol. The second-order valence-corrected chi connectivity index (χ2v) is 6.47. The van der Waals surface area contributed by atoms with Gasteiger partial charge in [0.15, 0.2) is 17.1 Å². The number of phenolic OH excluding ortho intramolecular Hbond substituents is 2. The molecule has 0 radical (unpaired) electrons. The summed E-state index contributed by atoms with van der Waals surface area (Å²) in [5, 5.41) is 20.9. The number of nitrogens with zero attached hydrogens (tertiary/aromatic N) is 4. The first-order valence-electron chi connectivity index (χ1n) is 8.48. The van der Waals surface area contributed by atoms with Crippen molar-refractivity contribution < 1.29 is 10.2 Å². The van der Waals surface area contributed by atoms with E-state index in [-0.39, 0.29) is 48.0 Å². The number of rotatable bonds is 4. The van der Waals surface area contributed by atoms with Crippen LogP contribution in [0.2, 0.25) is 0 Å². The van der Waals surface area contributed by atoms with Gasteiger partial charge in [0, 0.05) is 37.8 Å². The van der Waals surface area contributed by atoms with Crippen LogP contribution in [-0.2, 0) is 20.0 Å². The molecule has 10 heteroatoms. The van der Waals surface area contributed by atoms with Gasteiger partial charge in [-0.05, 0) is 23.1 Å². The number of aromatic nitrogens is 5. The number of pyridine rings is 1. The van der Waals surface area contributed by atoms with Crippen LogP contribution in [0.5, 0.6) is 11.5 Å². The summed E-state index contributed by atoms with van der Waals surface area (Å²) in [6.45, 7) is 3.86. The normalized spacial score (nSPS) is 10.9. The third-order valence-corrected chi connectivity index (χ3v) is 4.63. The molecule has 1 aromatic carbocycles. The van der Waals surface area contributed by atoms with Gasteiger partial charge in [-0.15, -0.1) is 19.0 Å². The minimum absolute atomic E-state index is 0. The van der Waals surface area contributed by atoms with E-state index in [1.807, 2.05) is 0 Å². The summed E-state index contributed by atoms with van der Waals surface area (Å²) in [4.78, 5) is 36.4. The van der Waals surface area contributed by atoms with Crippen LogP contribution in [-0.4, -0.2) is 34.3 Å². The molecular weight excluding hydrogens is 398 g/mol. The predicted molar refractivity (Wildman–Crippen MR) is 111 cm³/mol. The third kappa shape index (κ3) is 3.25. The molecule has 150 valence electrons. The number of hydrogen-bond donors (Lipinski definition) is 3. The van der Waals surface area contributed by atoms with Gasteiger partial charge in [0.05, 0.1) is 0 Å². The number of aromatic amines is 1. The van der Waals surface area contributed by atoms with Crippen LogP contribution >= 0.6 is 12.4 Å². The first-order chi connectivity index (χ1) is 13.4. The zero-order chi connectivity index (χ0) is 20.0. The van der Waals surface area contributed by atoms with Gasteiger partial charge in [-0.25, -0.2) is 9.78 Å². The number of fused-ring (bicyclic) bond motifs is 2. The second kappa shape index (κ2) is 7.44. The van der Waals surface area contributed by atoms with Crippen LogP contribution in [0.4, 0.5) is 0 Å². The average molecular weight is 416 g/mol. The smallest absolute Gasteiger partial charge is 0.332 e. The first kappa shape index (κ1) is 20.2. The van der Waals surface area contributed by atoms with Gasteiger partial charge >= 0.3 is 5.69 Å². The lowest BCUT2D eigenvalue weighted by molar-refractivity contribution is 0.405. The van der Waals surface area contributed by atoms with E-state index in [0.717, 1.165) is 10.1 Å². The van der Waals surface area contributed by atoms with Crippen LogP contribution in [0, 0.1) is 0 Å². The summed E-state index contributed by atoms with van der Waals surface area (Å²) in [5.74, 6) is 0.00255. The lowest BCUT2D eigenvalue weighted by Crippen LogP contribution is -2.38. The molecule has 0 fully saturated rings. The highest BCUT2D eigenvalue weighted by atomic mass is 35.5. The van der Waals surface area contributed by atoms with E-state index >= 15 is 0 Å². The summed E-state index contributed by atoms with van der Waals surface area (Å²) < 4.78 is 2.39. The van der Waals surface area contributed by atoms with Crippen LogP contribution in [0.15, 0.2) is 46.8 Å². The number of benzene rings is 1. The maximum absolute atomic E-state index is 12.4. The molecule has 0 bridgehead atoms. The molecule has 3 aromatic heterocycles. The Labute approximate surface area is 170 Å².